The molecule has 33 heavy (non-hydrogen) atoms. The molecule has 2 aliphatic heterocycles. The zero-order valence-corrected chi connectivity index (χ0v) is 20.6. The van der Waals surface area contributed by atoms with Crippen LogP contribution in [0.1, 0.15) is 64.5 Å². The second kappa shape index (κ2) is 5.98. The molecule has 5 heteroatoms. The molecule has 7 aliphatic rings. The van der Waals surface area contributed by atoms with Crippen LogP contribution in [0.5, 0.6) is 11.5 Å². The number of aromatic hydroxyl groups is 1. The molecule has 3 fully saturated rings. The number of piperidine rings is 1. The van der Waals surface area contributed by atoms with Crippen molar-refractivity contribution in [2.75, 3.05) is 20.2 Å². The van der Waals surface area contributed by atoms with E-state index in [9.17, 15) is 10.2 Å². The smallest absolute Gasteiger partial charge is 0.166 e. The number of likely N-dealkylation sites (tertiary alicyclic amines) is 1. The molecule has 6 atom stereocenters. The van der Waals surface area contributed by atoms with Crippen molar-refractivity contribution in [2.45, 2.75) is 88.6 Å². The molecule has 8 rings (SSSR count). The molecule has 1 aromatic rings. The van der Waals surface area contributed by atoms with Gasteiger partial charge in [0.1, 0.15) is 11.7 Å². The van der Waals surface area contributed by atoms with Gasteiger partial charge in [0.25, 0.3) is 0 Å². The molecule has 1 spiro atoms. The highest BCUT2D eigenvalue weighted by atomic mass is 16.6. The minimum absolute atomic E-state index is 0.107. The van der Waals surface area contributed by atoms with Crippen molar-refractivity contribution in [3.05, 3.63) is 34.4 Å². The van der Waals surface area contributed by atoms with Gasteiger partial charge in [0, 0.05) is 44.1 Å². The Hall–Kier alpha value is -1.56. The fourth-order valence-electron chi connectivity index (χ4n) is 8.38. The minimum atomic E-state index is -0.943. The number of methoxy groups -OCH3 is 1. The van der Waals surface area contributed by atoms with Crippen molar-refractivity contribution in [3.63, 3.8) is 0 Å². The van der Waals surface area contributed by atoms with Crippen LogP contribution in [0.4, 0.5) is 0 Å². The fraction of sp³-hybridized carbons (Fsp3) is 0.714. The van der Waals surface area contributed by atoms with Gasteiger partial charge in [-0.2, -0.15) is 0 Å². The monoisotopic (exact) mass is 451 g/mol. The number of aliphatic hydroxyl groups is 1. The average molecular weight is 452 g/mol. The molecule has 5 nitrogen and oxygen atoms in total. The van der Waals surface area contributed by atoms with Crippen LogP contribution in [0.15, 0.2) is 23.3 Å². The molecule has 0 aromatic heterocycles. The van der Waals surface area contributed by atoms with Crippen molar-refractivity contribution in [1.29, 1.82) is 0 Å². The van der Waals surface area contributed by atoms with E-state index in [1.807, 2.05) is 13.0 Å². The summed E-state index contributed by atoms with van der Waals surface area (Å²) in [6.45, 7) is 10.6. The average Bonchev–Trinajstić information content (AvgIpc) is 3.47. The molecule has 1 saturated heterocycles. The van der Waals surface area contributed by atoms with Crippen LogP contribution in [-0.4, -0.2) is 58.7 Å². The molecule has 178 valence electrons. The van der Waals surface area contributed by atoms with Gasteiger partial charge in [-0.05, 0) is 61.1 Å². The predicted octanol–water partition coefficient (Wildman–Crippen LogP) is 3.94. The van der Waals surface area contributed by atoms with Crippen molar-refractivity contribution in [1.82, 2.24) is 4.90 Å². The first-order valence-corrected chi connectivity index (χ1v) is 12.8. The van der Waals surface area contributed by atoms with Crippen LogP contribution in [0.25, 0.3) is 0 Å². The topological polar surface area (TPSA) is 62.2 Å². The van der Waals surface area contributed by atoms with Gasteiger partial charge in [-0.3, -0.25) is 4.90 Å². The van der Waals surface area contributed by atoms with E-state index >= 15 is 0 Å². The molecule has 2 N–H and O–H groups in total. The predicted molar refractivity (Wildman–Crippen MR) is 126 cm³/mol. The third kappa shape index (κ3) is 2.21. The van der Waals surface area contributed by atoms with Crippen LogP contribution < -0.4 is 4.74 Å². The zero-order valence-electron chi connectivity index (χ0n) is 20.6. The zero-order chi connectivity index (χ0) is 23.1. The van der Waals surface area contributed by atoms with E-state index in [0.717, 1.165) is 31.7 Å². The lowest BCUT2D eigenvalue weighted by molar-refractivity contribution is -0.244. The number of nitrogens with zero attached hydrogens (tertiary/aromatic N) is 1. The molecular weight excluding hydrogens is 414 g/mol. The van der Waals surface area contributed by atoms with E-state index in [1.54, 1.807) is 7.11 Å². The maximum absolute atomic E-state index is 12.0. The molecule has 1 aromatic carbocycles. The Morgan fingerprint density at radius 3 is 2.64 bits per heavy atom. The normalized spacial score (nSPS) is 40.1. The Kier molecular flexibility index (Phi) is 3.76. The lowest BCUT2D eigenvalue weighted by atomic mass is 9.39. The molecule has 4 unspecified atom stereocenters. The molecule has 0 amide bonds. The van der Waals surface area contributed by atoms with Crippen LogP contribution in [0.2, 0.25) is 0 Å². The Morgan fingerprint density at radius 1 is 1.21 bits per heavy atom. The van der Waals surface area contributed by atoms with Crippen molar-refractivity contribution < 1.29 is 19.7 Å². The van der Waals surface area contributed by atoms with E-state index in [4.69, 9.17) is 9.47 Å². The maximum atomic E-state index is 12.0. The Balaban J connectivity index is 1.49. The van der Waals surface area contributed by atoms with Crippen LogP contribution in [-0.2, 0) is 16.6 Å². The molecule has 4 bridgehead atoms. The SMILES string of the molecule is CO[C@@]12CC(=C3C4Cc5ccc(O)c6c5C3(CCN4CC3CC3)C1O6)C2[C@](C)(O)C(C)(C)C. The first kappa shape index (κ1) is 20.8. The van der Waals surface area contributed by atoms with E-state index in [0.29, 0.717) is 11.8 Å². The van der Waals surface area contributed by atoms with Crippen LogP contribution >= 0.6 is 0 Å². The van der Waals surface area contributed by atoms with E-state index in [1.165, 1.54) is 41.7 Å². The molecule has 2 saturated carbocycles. The number of hydrogen-bond donors (Lipinski definition) is 2. The molecular formula is C28H37NO4. The van der Waals surface area contributed by atoms with Gasteiger partial charge in [0.05, 0.1) is 11.0 Å². The van der Waals surface area contributed by atoms with Crippen LogP contribution in [0, 0.1) is 17.3 Å². The maximum Gasteiger partial charge on any atom is 0.166 e. The third-order valence-corrected chi connectivity index (χ3v) is 10.6. The van der Waals surface area contributed by atoms with Crippen molar-refractivity contribution in [3.8, 4) is 11.5 Å². The van der Waals surface area contributed by atoms with E-state index < -0.39 is 11.2 Å². The number of rotatable bonds is 4. The highest BCUT2D eigenvalue weighted by Crippen LogP contribution is 2.74. The van der Waals surface area contributed by atoms with Gasteiger partial charge in [0.15, 0.2) is 11.5 Å². The summed E-state index contributed by atoms with van der Waals surface area (Å²) >= 11 is 0. The van der Waals surface area contributed by atoms with Crippen LogP contribution in [0.3, 0.4) is 0 Å². The van der Waals surface area contributed by atoms with Gasteiger partial charge in [0.2, 0.25) is 0 Å². The van der Waals surface area contributed by atoms with Gasteiger partial charge in [-0.25, -0.2) is 0 Å². The highest BCUT2D eigenvalue weighted by Gasteiger charge is 2.78. The first-order valence-electron chi connectivity index (χ1n) is 12.8. The second-order valence-corrected chi connectivity index (χ2v) is 12.9. The summed E-state index contributed by atoms with van der Waals surface area (Å²) in [4.78, 5) is 2.73. The molecule has 0 radical (unpaired) electrons. The number of benzene rings is 1. The number of ether oxygens (including phenoxy) is 2. The summed E-state index contributed by atoms with van der Waals surface area (Å²) < 4.78 is 13.2. The molecule has 2 heterocycles. The van der Waals surface area contributed by atoms with Gasteiger partial charge in [-0.1, -0.05) is 32.4 Å². The lowest BCUT2D eigenvalue weighted by Gasteiger charge is -2.70. The van der Waals surface area contributed by atoms with Gasteiger partial charge >= 0.3 is 0 Å². The Bertz CT molecular complexity index is 1100. The minimum Gasteiger partial charge on any atom is -0.504 e. The van der Waals surface area contributed by atoms with Gasteiger partial charge < -0.3 is 19.7 Å². The summed E-state index contributed by atoms with van der Waals surface area (Å²) in [6.07, 6.45) is 5.28. The van der Waals surface area contributed by atoms with Gasteiger partial charge in [-0.15, -0.1) is 0 Å². The fourth-order valence-corrected chi connectivity index (χ4v) is 8.38. The standard InChI is InChI=1S/C28H37NO4/c1-25(2,3)26(4,31)23-17-13-28(23,32-5)24-27-10-11-29(14-15-6-7-15)18(21(17)27)12-16-8-9-19(30)22(33-24)20(16)27/h8-9,15,18,23-24,30-31H,6-7,10-14H2,1-5H3/t18?,23?,24?,26-,27?,28+/m0/s1. The number of phenols is 1. The van der Waals surface area contributed by atoms with Crippen molar-refractivity contribution in [2.24, 2.45) is 17.3 Å². The van der Waals surface area contributed by atoms with E-state index in [2.05, 4.69) is 31.7 Å². The second-order valence-electron chi connectivity index (χ2n) is 12.9. The Labute approximate surface area is 196 Å². The summed E-state index contributed by atoms with van der Waals surface area (Å²) in [5, 5.41) is 22.9. The highest BCUT2D eigenvalue weighted by molar-refractivity contribution is 5.69. The molecule has 5 aliphatic carbocycles. The largest absolute Gasteiger partial charge is 0.504 e. The van der Waals surface area contributed by atoms with E-state index in [-0.39, 0.29) is 28.6 Å². The summed E-state index contributed by atoms with van der Waals surface area (Å²) in [7, 11) is 1.79. The summed E-state index contributed by atoms with van der Waals surface area (Å²) in [6, 6.07) is 4.30. The quantitative estimate of drug-likeness (QED) is 0.679. The third-order valence-electron chi connectivity index (χ3n) is 10.6. The first-order chi connectivity index (χ1) is 15.6. The lowest BCUT2D eigenvalue weighted by Crippen LogP contribution is -2.78. The Morgan fingerprint density at radius 2 is 1.97 bits per heavy atom. The van der Waals surface area contributed by atoms with Crippen molar-refractivity contribution >= 4 is 0 Å². The summed E-state index contributed by atoms with van der Waals surface area (Å²) in [5.41, 5.74) is 3.38. The summed E-state index contributed by atoms with van der Waals surface area (Å²) in [5.74, 6) is 1.64. The number of phenolic OH excluding ortho intramolecular Hbond substituents is 1. The number of hydrogen-bond acceptors (Lipinski definition) is 5.